The van der Waals surface area contributed by atoms with Crippen LogP contribution in [-0.4, -0.2) is 22.0 Å². The molecule has 27 heavy (non-hydrogen) atoms. The fraction of sp³-hybridized carbons (Fsp3) is 0.304. The zero-order valence-electron chi connectivity index (χ0n) is 15.9. The molecular weight excluding hydrogens is 334 g/mol. The molecule has 0 fully saturated rings. The molecule has 1 aromatic heterocycles. The number of aryl methyl sites for hydroxylation is 2. The van der Waals surface area contributed by atoms with Gasteiger partial charge in [-0.1, -0.05) is 42.3 Å². The SMILES string of the molecule is C=CCn1c(CCCCCNC(=O)c2cccc(C)c2)nc2ccccc21. The third-order valence-corrected chi connectivity index (χ3v) is 4.69. The van der Waals surface area contributed by atoms with Crippen molar-refractivity contribution in [1.82, 2.24) is 14.9 Å². The van der Waals surface area contributed by atoms with Crippen molar-refractivity contribution < 1.29 is 4.79 Å². The number of carbonyl (C=O) groups excluding carboxylic acids is 1. The van der Waals surface area contributed by atoms with E-state index in [4.69, 9.17) is 4.98 Å². The van der Waals surface area contributed by atoms with Crippen LogP contribution in [0.1, 0.15) is 41.0 Å². The molecule has 0 aliphatic heterocycles. The Balaban J connectivity index is 1.45. The van der Waals surface area contributed by atoms with Crippen molar-refractivity contribution in [1.29, 1.82) is 0 Å². The lowest BCUT2D eigenvalue weighted by Crippen LogP contribution is -2.24. The van der Waals surface area contributed by atoms with Gasteiger partial charge in [-0.2, -0.15) is 0 Å². The van der Waals surface area contributed by atoms with Crippen LogP contribution in [0.2, 0.25) is 0 Å². The molecule has 0 saturated carbocycles. The number of aromatic nitrogens is 2. The van der Waals surface area contributed by atoms with Gasteiger partial charge in [-0.05, 0) is 44.0 Å². The van der Waals surface area contributed by atoms with Crippen LogP contribution < -0.4 is 5.32 Å². The summed E-state index contributed by atoms with van der Waals surface area (Å²) in [6.45, 7) is 7.34. The lowest BCUT2D eigenvalue weighted by atomic mass is 10.1. The van der Waals surface area contributed by atoms with Crippen molar-refractivity contribution in [3.63, 3.8) is 0 Å². The first-order valence-corrected chi connectivity index (χ1v) is 9.59. The smallest absolute Gasteiger partial charge is 0.251 e. The van der Waals surface area contributed by atoms with Gasteiger partial charge in [-0.3, -0.25) is 4.79 Å². The average Bonchev–Trinajstić information content (AvgIpc) is 3.02. The van der Waals surface area contributed by atoms with Crippen LogP contribution in [0.15, 0.2) is 61.2 Å². The van der Waals surface area contributed by atoms with Crippen LogP contribution in [0.4, 0.5) is 0 Å². The fourth-order valence-electron chi connectivity index (χ4n) is 3.32. The van der Waals surface area contributed by atoms with Gasteiger partial charge in [0, 0.05) is 25.1 Å². The highest BCUT2D eigenvalue weighted by Crippen LogP contribution is 2.18. The van der Waals surface area contributed by atoms with Gasteiger partial charge in [0.2, 0.25) is 0 Å². The maximum Gasteiger partial charge on any atom is 0.251 e. The predicted octanol–water partition coefficient (Wildman–Crippen LogP) is 4.67. The largest absolute Gasteiger partial charge is 0.352 e. The standard InChI is InChI=1S/C23H27N3O/c1-3-16-26-21-13-7-6-12-20(21)25-22(26)14-5-4-8-15-24-23(27)19-11-9-10-18(2)17-19/h3,6-7,9-13,17H,1,4-5,8,14-16H2,2H3,(H,24,27). The minimum atomic E-state index is 0.00600. The van der Waals surface area contributed by atoms with Gasteiger partial charge in [0.25, 0.3) is 5.91 Å². The molecular formula is C23H27N3O. The normalized spacial score (nSPS) is 10.9. The number of carbonyl (C=O) groups is 1. The average molecular weight is 361 g/mol. The highest BCUT2D eigenvalue weighted by Gasteiger charge is 2.09. The van der Waals surface area contributed by atoms with Gasteiger partial charge >= 0.3 is 0 Å². The summed E-state index contributed by atoms with van der Waals surface area (Å²) in [7, 11) is 0. The lowest BCUT2D eigenvalue weighted by molar-refractivity contribution is 0.0953. The highest BCUT2D eigenvalue weighted by atomic mass is 16.1. The summed E-state index contributed by atoms with van der Waals surface area (Å²) in [5, 5.41) is 3.00. The zero-order chi connectivity index (χ0) is 19.1. The molecule has 2 aromatic carbocycles. The molecule has 0 aliphatic rings. The van der Waals surface area contributed by atoms with Gasteiger partial charge in [-0.15, -0.1) is 6.58 Å². The fourth-order valence-corrected chi connectivity index (χ4v) is 3.32. The number of rotatable bonds is 9. The van der Waals surface area contributed by atoms with E-state index < -0.39 is 0 Å². The Morgan fingerprint density at radius 2 is 2.00 bits per heavy atom. The summed E-state index contributed by atoms with van der Waals surface area (Å²) in [5.41, 5.74) is 4.04. The number of nitrogens with one attached hydrogen (secondary N) is 1. The zero-order valence-corrected chi connectivity index (χ0v) is 15.9. The molecule has 4 nitrogen and oxygen atoms in total. The number of amides is 1. The molecule has 140 valence electrons. The topological polar surface area (TPSA) is 46.9 Å². The summed E-state index contributed by atoms with van der Waals surface area (Å²) in [6.07, 6.45) is 5.94. The van der Waals surface area contributed by atoms with E-state index >= 15 is 0 Å². The van der Waals surface area contributed by atoms with E-state index in [0.717, 1.165) is 60.2 Å². The van der Waals surface area contributed by atoms with Crippen LogP contribution in [0.25, 0.3) is 11.0 Å². The number of para-hydroxylation sites is 2. The number of imidazole rings is 1. The summed E-state index contributed by atoms with van der Waals surface area (Å²) in [5.74, 6) is 1.12. The number of fused-ring (bicyclic) bond motifs is 1. The monoisotopic (exact) mass is 361 g/mol. The molecule has 0 aliphatic carbocycles. The predicted molar refractivity (Wildman–Crippen MR) is 111 cm³/mol. The van der Waals surface area contributed by atoms with Crippen LogP contribution in [0, 0.1) is 6.92 Å². The number of unbranched alkanes of at least 4 members (excludes halogenated alkanes) is 2. The molecule has 3 aromatic rings. The number of hydrogen-bond acceptors (Lipinski definition) is 2. The molecule has 1 amide bonds. The van der Waals surface area contributed by atoms with Crippen molar-refractivity contribution in [2.45, 2.75) is 39.2 Å². The maximum absolute atomic E-state index is 12.1. The third-order valence-electron chi connectivity index (χ3n) is 4.69. The van der Waals surface area contributed by atoms with E-state index in [-0.39, 0.29) is 5.91 Å². The molecule has 0 unspecified atom stereocenters. The van der Waals surface area contributed by atoms with Crippen molar-refractivity contribution in [3.8, 4) is 0 Å². The Morgan fingerprint density at radius 1 is 1.15 bits per heavy atom. The molecule has 0 atom stereocenters. The Hall–Kier alpha value is -2.88. The summed E-state index contributed by atoms with van der Waals surface area (Å²) < 4.78 is 2.24. The minimum Gasteiger partial charge on any atom is -0.352 e. The van der Waals surface area contributed by atoms with Gasteiger partial charge in [0.1, 0.15) is 5.82 Å². The number of hydrogen-bond donors (Lipinski definition) is 1. The minimum absolute atomic E-state index is 0.00600. The molecule has 1 heterocycles. The van der Waals surface area contributed by atoms with Crippen molar-refractivity contribution in [3.05, 3.63) is 78.1 Å². The summed E-state index contributed by atoms with van der Waals surface area (Å²) >= 11 is 0. The molecule has 0 spiro atoms. The van der Waals surface area contributed by atoms with Crippen LogP contribution in [-0.2, 0) is 13.0 Å². The van der Waals surface area contributed by atoms with Gasteiger partial charge in [0.05, 0.1) is 11.0 Å². The van der Waals surface area contributed by atoms with Gasteiger partial charge in [-0.25, -0.2) is 4.98 Å². The molecule has 0 radical (unpaired) electrons. The third kappa shape index (κ3) is 4.85. The molecule has 4 heteroatoms. The highest BCUT2D eigenvalue weighted by molar-refractivity contribution is 5.94. The molecule has 1 N–H and O–H groups in total. The van der Waals surface area contributed by atoms with E-state index in [0.29, 0.717) is 6.54 Å². The van der Waals surface area contributed by atoms with Crippen molar-refractivity contribution >= 4 is 16.9 Å². The summed E-state index contributed by atoms with van der Waals surface area (Å²) in [6, 6.07) is 15.9. The molecule has 0 saturated heterocycles. The number of benzene rings is 2. The van der Waals surface area contributed by atoms with E-state index in [1.807, 2.05) is 49.4 Å². The van der Waals surface area contributed by atoms with E-state index in [1.165, 1.54) is 0 Å². The molecule has 3 rings (SSSR count). The van der Waals surface area contributed by atoms with E-state index in [2.05, 4.69) is 28.6 Å². The Labute approximate surface area is 160 Å². The van der Waals surface area contributed by atoms with Crippen molar-refractivity contribution in [2.24, 2.45) is 0 Å². The quantitative estimate of drug-likeness (QED) is 0.444. The van der Waals surface area contributed by atoms with Crippen molar-refractivity contribution in [2.75, 3.05) is 6.54 Å². The second-order valence-corrected chi connectivity index (χ2v) is 6.85. The number of allylic oxidation sites excluding steroid dienone is 1. The van der Waals surface area contributed by atoms with E-state index in [9.17, 15) is 4.79 Å². The second kappa shape index (κ2) is 9.17. The van der Waals surface area contributed by atoms with Crippen LogP contribution in [0.3, 0.4) is 0 Å². The summed E-state index contributed by atoms with van der Waals surface area (Å²) in [4.78, 5) is 16.9. The lowest BCUT2D eigenvalue weighted by Gasteiger charge is -2.07. The Morgan fingerprint density at radius 3 is 2.81 bits per heavy atom. The van der Waals surface area contributed by atoms with E-state index in [1.54, 1.807) is 0 Å². The second-order valence-electron chi connectivity index (χ2n) is 6.85. The first-order chi connectivity index (χ1) is 13.2. The van der Waals surface area contributed by atoms with Gasteiger partial charge < -0.3 is 9.88 Å². The Bertz CT molecular complexity index is 926. The van der Waals surface area contributed by atoms with Crippen LogP contribution in [0.5, 0.6) is 0 Å². The first-order valence-electron chi connectivity index (χ1n) is 9.59. The van der Waals surface area contributed by atoms with Crippen LogP contribution >= 0.6 is 0 Å². The number of nitrogens with zero attached hydrogens (tertiary/aromatic N) is 2. The Kier molecular flexibility index (Phi) is 6.42. The first kappa shape index (κ1) is 18.9. The maximum atomic E-state index is 12.1. The molecule has 0 bridgehead atoms. The van der Waals surface area contributed by atoms with Gasteiger partial charge in [0.15, 0.2) is 0 Å².